The van der Waals surface area contributed by atoms with Crippen molar-refractivity contribution < 1.29 is 19.1 Å². The van der Waals surface area contributed by atoms with Crippen molar-refractivity contribution in [3.8, 4) is 0 Å². The molecule has 0 saturated heterocycles. The fourth-order valence-corrected chi connectivity index (χ4v) is 3.47. The lowest BCUT2D eigenvalue weighted by atomic mass is 10.1. The highest BCUT2D eigenvalue weighted by atomic mass is 16.6. The van der Waals surface area contributed by atoms with Crippen LogP contribution >= 0.6 is 0 Å². The summed E-state index contributed by atoms with van der Waals surface area (Å²) in [5.41, 5.74) is 0. The summed E-state index contributed by atoms with van der Waals surface area (Å²) in [6.07, 6.45) is 20.9. The molecule has 0 unspecified atom stereocenters. The predicted octanol–water partition coefficient (Wildman–Crippen LogP) is 7.55. The number of hydrogen-bond donors (Lipinski definition) is 0. The fraction of sp³-hybridized carbons (Fsp3) is 0.846. The largest absolute Gasteiger partial charge is 0.465 e. The van der Waals surface area contributed by atoms with Crippen LogP contribution in [-0.2, 0) is 19.1 Å². The Hall–Kier alpha value is -1.32. The zero-order chi connectivity index (χ0) is 22.3. The SMILES string of the molecule is C=CCC(C(=O)OCCCCCCCCCC)C(=O)OCCCCCCCCCC. The molecule has 0 fully saturated rings. The van der Waals surface area contributed by atoms with Crippen molar-refractivity contribution >= 4 is 11.9 Å². The lowest BCUT2D eigenvalue weighted by Crippen LogP contribution is -2.28. The van der Waals surface area contributed by atoms with Gasteiger partial charge in [-0.2, -0.15) is 0 Å². The maximum atomic E-state index is 12.3. The number of ether oxygens (including phenoxy) is 2. The van der Waals surface area contributed by atoms with Crippen molar-refractivity contribution in [1.29, 1.82) is 0 Å². The Balaban J connectivity index is 3.84. The quantitative estimate of drug-likeness (QED) is 0.0779. The molecule has 4 nitrogen and oxygen atoms in total. The first kappa shape index (κ1) is 28.7. The molecule has 0 aromatic carbocycles. The molecule has 0 N–H and O–H groups in total. The zero-order valence-corrected chi connectivity index (χ0v) is 19.9. The van der Waals surface area contributed by atoms with Crippen molar-refractivity contribution in [2.45, 2.75) is 123 Å². The molecule has 0 aliphatic carbocycles. The van der Waals surface area contributed by atoms with Gasteiger partial charge in [-0.1, -0.05) is 110 Å². The van der Waals surface area contributed by atoms with Gasteiger partial charge < -0.3 is 9.47 Å². The van der Waals surface area contributed by atoms with Crippen LogP contribution < -0.4 is 0 Å². The van der Waals surface area contributed by atoms with Gasteiger partial charge in [0, 0.05) is 0 Å². The van der Waals surface area contributed by atoms with E-state index in [0.29, 0.717) is 13.2 Å². The second kappa shape index (κ2) is 22.4. The van der Waals surface area contributed by atoms with Crippen molar-refractivity contribution in [3.05, 3.63) is 12.7 Å². The van der Waals surface area contributed by atoms with E-state index in [4.69, 9.17) is 9.47 Å². The van der Waals surface area contributed by atoms with Crippen molar-refractivity contribution in [2.75, 3.05) is 13.2 Å². The van der Waals surface area contributed by atoms with Gasteiger partial charge in [0.15, 0.2) is 5.92 Å². The normalized spacial score (nSPS) is 10.9. The standard InChI is InChI=1S/C26H48O4/c1-4-7-9-11-13-15-17-19-22-29-25(27)24(21-6-3)26(28)30-23-20-18-16-14-12-10-8-5-2/h6,24H,3-5,7-23H2,1-2H3. The zero-order valence-electron chi connectivity index (χ0n) is 19.9. The minimum absolute atomic E-state index is 0.270. The highest BCUT2D eigenvalue weighted by Gasteiger charge is 2.28. The molecule has 0 bridgehead atoms. The molecule has 30 heavy (non-hydrogen) atoms. The average Bonchev–Trinajstić information content (AvgIpc) is 2.74. The van der Waals surface area contributed by atoms with E-state index < -0.39 is 17.9 Å². The van der Waals surface area contributed by atoms with Crippen LogP contribution in [0.25, 0.3) is 0 Å². The average molecular weight is 425 g/mol. The molecule has 0 aromatic rings. The predicted molar refractivity (Wildman–Crippen MR) is 125 cm³/mol. The van der Waals surface area contributed by atoms with E-state index in [9.17, 15) is 9.59 Å². The van der Waals surface area contributed by atoms with Crippen LogP contribution in [0.1, 0.15) is 123 Å². The summed E-state index contributed by atoms with van der Waals surface area (Å²) < 4.78 is 10.7. The van der Waals surface area contributed by atoms with Crippen molar-refractivity contribution in [1.82, 2.24) is 0 Å². The molecular formula is C26H48O4. The summed E-state index contributed by atoms with van der Waals surface area (Å²) >= 11 is 0. The van der Waals surface area contributed by atoms with E-state index in [1.54, 1.807) is 6.08 Å². The molecule has 0 heterocycles. The molecule has 0 rings (SSSR count). The van der Waals surface area contributed by atoms with Gasteiger partial charge in [-0.05, 0) is 19.3 Å². The molecule has 0 aliphatic heterocycles. The van der Waals surface area contributed by atoms with Gasteiger partial charge in [-0.25, -0.2) is 0 Å². The molecule has 0 radical (unpaired) electrons. The molecule has 176 valence electrons. The molecule has 0 spiro atoms. The number of hydrogen-bond acceptors (Lipinski definition) is 4. The van der Waals surface area contributed by atoms with E-state index in [1.807, 2.05) is 0 Å². The molecule has 4 heteroatoms. The van der Waals surface area contributed by atoms with Gasteiger partial charge in [-0.15, -0.1) is 6.58 Å². The van der Waals surface area contributed by atoms with Gasteiger partial charge >= 0.3 is 11.9 Å². The Labute approximate surface area is 186 Å². The van der Waals surface area contributed by atoms with E-state index in [0.717, 1.165) is 25.7 Å². The van der Waals surface area contributed by atoms with E-state index in [1.165, 1.54) is 77.0 Å². The topological polar surface area (TPSA) is 52.6 Å². The number of unbranched alkanes of at least 4 members (excludes halogenated alkanes) is 14. The van der Waals surface area contributed by atoms with Crippen molar-refractivity contribution in [2.24, 2.45) is 5.92 Å². The molecule has 0 aliphatic rings. The summed E-state index contributed by atoms with van der Waals surface area (Å²) in [7, 11) is 0. The van der Waals surface area contributed by atoms with Crippen molar-refractivity contribution in [3.63, 3.8) is 0 Å². The molecule has 0 amide bonds. The maximum Gasteiger partial charge on any atom is 0.320 e. The van der Waals surface area contributed by atoms with Crippen LogP contribution in [0.3, 0.4) is 0 Å². The van der Waals surface area contributed by atoms with Crippen LogP contribution in [0.15, 0.2) is 12.7 Å². The van der Waals surface area contributed by atoms with Crippen LogP contribution in [0.2, 0.25) is 0 Å². The van der Waals surface area contributed by atoms with Gasteiger partial charge in [0.1, 0.15) is 0 Å². The molecule has 0 aromatic heterocycles. The Bertz CT molecular complexity index is 385. The Kier molecular flexibility index (Phi) is 21.4. The molecule has 0 saturated carbocycles. The first-order valence-electron chi connectivity index (χ1n) is 12.6. The summed E-state index contributed by atoms with van der Waals surface area (Å²) in [6.45, 7) is 8.86. The second-order valence-electron chi connectivity index (χ2n) is 8.36. The van der Waals surface area contributed by atoms with E-state index in [2.05, 4.69) is 20.4 Å². The van der Waals surface area contributed by atoms with Gasteiger partial charge in [0.05, 0.1) is 13.2 Å². The Morgan fingerprint density at radius 2 is 0.967 bits per heavy atom. The summed E-state index contributed by atoms with van der Waals surface area (Å²) in [5, 5.41) is 0. The van der Waals surface area contributed by atoms with Crippen LogP contribution in [0.5, 0.6) is 0 Å². The van der Waals surface area contributed by atoms with Crippen LogP contribution in [-0.4, -0.2) is 25.2 Å². The minimum atomic E-state index is -0.870. The van der Waals surface area contributed by atoms with E-state index >= 15 is 0 Å². The van der Waals surface area contributed by atoms with Gasteiger partial charge in [0.2, 0.25) is 0 Å². The van der Waals surface area contributed by atoms with Crippen LogP contribution in [0.4, 0.5) is 0 Å². The lowest BCUT2D eigenvalue weighted by Gasteiger charge is -2.14. The second-order valence-corrected chi connectivity index (χ2v) is 8.36. The lowest BCUT2D eigenvalue weighted by molar-refractivity contribution is -0.162. The third kappa shape index (κ3) is 17.5. The number of rotatable bonds is 22. The summed E-state index contributed by atoms with van der Waals surface area (Å²) in [4.78, 5) is 24.5. The molecular weight excluding hydrogens is 376 g/mol. The fourth-order valence-electron chi connectivity index (χ4n) is 3.47. The number of carbonyl (C=O) groups excluding carboxylic acids is 2. The maximum absolute atomic E-state index is 12.3. The molecule has 0 atom stereocenters. The third-order valence-electron chi connectivity index (χ3n) is 5.46. The van der Waals surface area contributed by atoms with Gasteiger partial charge in [-0.3, -0.25) is 9.59 Å². The highest BCUT2D eigenvalue weighted by Crippen LogP contribution is 2.13. The van der Waals surface area contributed by atoms with E-state index in [-0.39, 0.29) is 6.42 Å². The highest BCUT2D eigenvalue weighted by molar-refractivity contribution is 5.95. The van der Waals surface area contributed by atoms with Crippen LogP contribution in [0, 0.1) is 5.92 Å². The summed E-state index contributed by atoms with van der Waals surface area (Å²) in [6, 6.07) is 0. The number of carbonyl (C=O) groups is 2. The number of allylic oxidation sites excluding steroid dienone is 1. The minimum Gasteiger partial charge on any atom is -0.465 e. The monoisotopic (exact) mass is 424 g/mol. The first-order chi connectivity index (χ1) is 14.7. The third-order valence-corrected chi connectivity index (χ3v) is 5.46. The van der Waals surface area contributed by atoms with Gasteiger partial charge in [0.25, 0.3) is 0 Å². The Morgan fingerprint density at radius 3 is 1.30 bits per heavy atom. The summed E-state index contributed by atoms with van der Waals surface area (Å²) in [5.74, 6) is -1.82. The first-order valence-corrected chi connectivity index (χ1v) is 12.6. The smallest absolute Gasteiger partial charge is 0.320 e. The Morgan fingerprint density at radius 1 is 0.633 bits per heavy atom. The number of esters is 2.